The molecule has 0 bridgehead atoms. The van der Waals surface area contributed by atoms with Crippen LogP contribution in [0.1, 0.15) is 53.2 Å². The lowest BCUT2D eigenvalue weighted by molar-refractivity contribution is -0.147. The number of alkyl halides is 2. The third-order valence-electron chi connectivity index (χ3n) is 6.56. The summed E-state index contributed by atoms with van der Waals surface area (Å²) >= 11 is 0. The van der Waals surface area contributed by atoms with E-state index < -0.39 is 57.8 Å². The summed E-state index contributed by atoms with van der Waals surface area (Å²) in [6.07, 6.45) is 1.65. The number of aromatic nitrogens is 1. The average Bonchev–Trinajstić information content (AvgIpc) is 2.98. The molecular formula is C27H33F3N2O4S. The molecule has 1 aromatic heterocycles. The highest BCUT2D eigenvalue weighted by molar-refractivity contribution is 7.84. The van der Waals surface area contributed by atoms with E-state index in [1.807, 2.05) is 18.2 Å². The summed E-state index contributed by atoms with van der Waals surface area (Å²) in [5, 5.41) is 10.6. The first-order chi connectivity index (χ1) is 17.1. The van der Waals surface area contributed by atoms with Crippen molar-refractivity contribution in [3.63, 3.8) is 0 Å². The van der Waals surface area contributed by atoms with Crippen molar-refractivity contribution in [2.45, 2.75) is 70.0 Å². The number of amides is 1. The zero-order valence-corrected chi connectivity index (χ0v) is 22.4. The number of hydrogen-bond acceptors (Lipinski definition) is 5. The molecule has 202 valence electrons. The number of rotatable bonds is 2. The maximum atomic E-state index is 14.0. The summed E-state index contributed by atoms with van der Waals surface area (Å²) in [6, 6.07) is 9.59. The molecule has 6 nitrogen and oxygen atoms in total. The summed E-state index contributed by atoms with van der Waals surface area (Å²) in [7, 11) is -2.26. The molecule has 5 unspecified atom stereocenters. The second-order valence-corrected chi connectivity index (χ2v) is 12.1. The number of benzene rings is 1. The molecule has 37 heavy (non-hydrogen) atoms. The van der Waals surface area contributed by atoms with Crippen LogP contribution in [0.15, 0.2) is 49.2 Å². The van der Waals surface area contributed by atoms with Gasteiger partial charge in [-0.3, -0.25) is 4.98 Å². The third kappa shape index (κ3) is 6.23. The van der Waals surface area contributed by atoms with Crippen molar-refractivity contribution in [3.8, 4) is 11.1 Å². The highest BCUT2D eigenvalue weighted by atomic mass is 32.2. The van der Waals surface area contributed by atoms with Gasteiger partial charge in [-0.2, -0.15) is 0 Å². The molecular weight excluding hydrogens is 505 g/mol. The zero-order valence-electron chi connectivity index (χ0n) is 21.6. The van der Waals surface area contributed by atoms with E-state index in [9.17, 15) is 27.3 Å². The average molecular weight is 539 g/mol. The molecule has 1 N–H and O–H groups in total. The van der Waals surface area contributed by atoms with E-state index in [2.05, 4.69) is 11.6 Å². The minimum atomic E-state index is -3.11. The van der Waals surface area contributed by atoms with Gasteiger partial charge in [0.25, 0.3) is 5.92 Å². The fourth-order valence-electron chi connectivity index (χ4n) is 4.54. The van der Waals surface area contributed by atoms with Gasteiger partial charge in [0.1, 0.15) is 11.4 Å². The number of pyridine rings is 1. The molecule has 2 aromatic rings. The van der Waals surface area contributed by atoms with E-state index in [0.717, 1.165) is 21.1 Å². The molecule has 1 saturated carbocycles. The third-order valence-corrected chi connectivity index (χ3v) is 8.45. The van der Waals surface area contributed by atoms with Crippen molar-refractivity contribution < 1.29 is 32.0 Å². The first-order valence-corrected chi connectivity index (χ1v) is 13.1. The standard InChI is InChI=1S/C14H23F2NO4S.C13H10FN/c1-8-6-10-9(2)17(11(18)21-12(3,4)5)22(20)14(10,19)7-13(8,15)16;1-2-13-7-6-11(9-15-13)10-4-3-5-12(14)8-10/h8-10,19H,6-7H2,1-5H3;2-9H,1H2. The summed E-state index contributed by atoms with van der Waals surface area (Å²) in [6.45, 7) is 11.6. The number of fused-ring (bicyclic) bond motifs is 1. The lowest BCUT2D eigenvalue weighted by Gasteiger charge is -2.41. The quantitative estimate of drug-likeness (QED) is 0.493. The topological polar surface area (TPSA) is 79.7 Å². The van der Waals surface area contributed by atoms with Crippen LogP contribution >= 0.6 is 0 Å². The van der Waals surface area contributed by atoms with Crippen molar-refractivity contribution in [1.82, 2.24) is 9.29 Å². The fraction of sp³-hybridized carbons (Fsp3) is 0.481. The molecule has 2 fully saturated rings. The van der Waals surface area contributed by atoms with Crippen molar-refractivity contribution in [2.75, 3.05) is 0 Å². The molecule has 2 heterocycles. The van der Waals surface area contributed by atoms with Gasteiger partial charge in [-0.05, 0) is 64.0 Å². The Morgan fingerprint density at radius 2 is 1.92 bits per heavy atom. The molecule has 1 aliphatic carbocycles. The van der Waals surface area contributed by atoms with Gasteiger partial charge in [-0.15, -0.1) is 0 Å². The van der Waals surface area contributed by atoms with Gasteiger partial charge in [0.05, 0.1) is 18.2 Å². The number of carbonyl (C=O) groups is 1. The van der Waals surface area contributed by atoms with Crippen LogP contribution < -0.4 is 0 Å². The van der Waals surface area contributed by atoms with Crippen LogP contribution in [0.3, 0.4) is 0 Å². The van der Waals surface area contributed by atoms with Gasteiger partial charge in [-0.1, -0.05) is 31.7 Å². The summed E-state index contributed by atoms with van der Waals surface area (Å²) < 4.78 is 59.5. The zero-order chi connectivity index (χ0) is 27.8. The van der Waals surface area contributed by atoms with Gasteiger partial charge in [0, 0.05) is 23.6 Å². The van der Waals surface area contributed by atoms with Gasteiger partial charge in [0.2, 0.25) is 0 Å². The molecule has 1 aromatic carbocycles. The van der Waals surface area contributed by atoms with Gasteiger partial charge >= 0.3 is 6.09 Å². The SMILES string of the molecule is C=Cc1ccc(-c2cccc(F)c2)cn1.CC1C2CC(C)C(F)(F)CC2(O)S(=O)N1C(=O)OC(C)(C)C. The van der Waals surface area contributed by atoms with Crippen molar-refractivity contribution in [1.29, 1.82) is 0 Å². The number of ether oxygens (including phenoxy) is 1. The predicted molar refractivity (Wildman–Crippen MR) is 137 cm³/mol. The van der Waals surface area contributed by atoms with E-state index in [4.69, 9.17) is 4.74 Å². The molecule has 2 aliphatic rings. The van der Waals surface area contributed by atoms with Crippen molar-refractivity contribution in [2.24, 2.45) is 11.8 Å². The number of nitrogens with zero attached hydrogens (tertiary/aromatic N) is 2. The monoisotopic (exact) mass is 538 g/mol. The van der Waals surface area contributed by atoms with Crippen LogP contribution in [0.2, 0.25) is 0 Å². The van der Waals surface area contributed by atoms with Crippen LogP contribution in [0.5, 0.6) is 0 Å². The predicted octanol–water partition coefficient (Wildman–Crippen LogP) is 6.19. The molecule has 1 amide bonds. The minimum absolute atomic E-state index is 0.00963. The van der Waals surface area contributed by atoms with E-state index in [1.165, 1.54) is 19.1 Å². The molecule has 4 rings (SSSR count). The molecule has 0 radical (unpaired) electrons. The summed E-state index contributed by atoms with van der Waals surface area (Å²) in [5.74, 6) is -4.93. The van der Waals surface area contributed by atoms with Crippen LogP contribution in [-0.4, -0.2) is 47.2 Å². The Balaban J connectivity index is 0.000000220. The smallest absolute Gasteiger partial charge is 0.422 e. The maximum absolute atomic E-state index is 14.0. The fourth-order valence-corrected chi connectivity index (χ4v) is 6.37. The van der Waals surface area contributed by atoms with Gasteiger partial charge in [-0.25, -0.2) is 26.5 Å². The normalized spacial score (nSPS) is 28.5. The largest absolute Gasteiger partial charge is 0.443 e. The van der Waals surface area contributed by atoms with E-state index in [0.29, 0.717) is 0 Å². The van der Waals surface area contributed by atoms with Gasteiger partial charge in [0.15, 0.2) is 15.9 Å². The lowest BCUT2D eigenvalue weighted by atomic mass is 9.74. The first kappa shape index (κ1) is 28.8. The van der Waals surface area contributed by atoms with E-state index in [1.54, 1.807) is 46.0 Å². The van der Waals surface area contributed by atoms with Crippen molar-refractivity contribution >= 4 is 23.2 Å². The summed E-state index contributed by atoms with van der Waals surface area (Å²) in [5.41, 5.74) is 1.75. The van der Waals surface area contributed by atoms with Crippen LogP contribution in [-0.2, 0) is 15.7 Å². The number of halogens is 3. The highest BCUT2D eigenvalue weighted by Gasteiger charge is 2.66. The Morgan fingerprint density at radius 1 is 1.24 bits per heavy atom. The molecule has 0 spiro atoms. The Bertz CT molecular complexity index is 1170. The second kappa shape index (κ2) is 10.6. The summed E-state index contributed by atoms with van der Waals surface area (Å²) in [4.78, 5) is 14.3. The van der Waals surface area contributed by atoms with Gasteiger partial charge < -0.3 is 9.84 Å². The Kier molecular flexibility index (Phi) is 8.24. The highest BCUT2D eigenvalue weighted by Crippen LogP contribution is 2.53. The maximum Gasteiger partial charge on any atom is 0.422 e. The lowest BCUT2D eigenvalue weighted by Crippen LogP contribution is -2.52. The Morgan fingerprint density at radius 3 is 2.46 bits per heavy atom. The first-order valence-electron chi connectivity index (χ1n) is 12.0. The van der Waals surface area contributed by atoms with E-state index in [-0.39, 0.29) is 12.2 Å². The number of aliphatic hydroxyl groups is 1. The van der Waals surface area contributed by atoms with Crippen LogP contribution in [0.25, 0.3) is 17.2 Å². The van der Waals surface area contributed by atoms with Crippen LogP contribution in [0, 0.1) is 17.7 Å². The molecule has 1 saturated heterocycles. The minimum Gasteiger partial charge on any atom is -0.443 e. The number of hydrogen-bond donors (Lipinski definition) is 1. The molecule has 10 heteroatoms. The Labute approximate surface area is 218 Å². The second-order valence-electron chi connectivity index (χ2n) is 10.5. The van der Waals surface area contributed by atoms with E-state index >= 15 is 0 Å². The molecule has 5 atom stereocenters. The van der Waals surface area contributed by atoms with Crippen molar-refractivity contribution in [3.05, 3.63) is 60.7 Å². The number of carbonyl (C=O) groups excluding carboxylic acids is 1. The van der Waals surface area contributed by atoms with Crippen LogP contribution in [0.4, 0.5) is 18.0 Å². The molecule has 1 aliphatic heterocycles. The Hall–Kier alpha value is -2.72.